The number of nitrogens with zero attached hydrogens (tertiary/aromatic N) is 2. The summed E-state index contributed by atoms with van der Waals surface area (Å²) < 4.78 is 16.7. The minimum atomic E-state index is -0.106. The first-order valence-electron chi connectivity index (χ1n) is 9.75. The molecule has 2 amide bonds. The number of anilines is 1. The van der Waals surface area contributed by atoms with Crippen LogP contribution >= 0.6 is 0 Å². The van der Waals surface area contributed by atoms with Crippen molar-refractivity contribution in [3.63, 3.8) is 0 Å². The van der Waals surface area contributed by atoms with E-state index in [9.17, 15) is 9.59 Å². The molecule has 2 fully saturated rings. The van der Waals surface area contributed by atoms with Gasteiger partial charge in [-0.1, -0.05) is 12.1 Å². The molecule has 0 saturated carbocycles. The minimum Gasteiger partial charge on any atom is -0.490 e. The van der Waals surface area contributed by atoms with Gasteiger partial charge in [-0.25, -0.2) is 0 Å². The first-order valence-corrected chi connectivity index (χ1v) is 9.75. The topological polar surface area (TPSA) is 68.3 Å². The van der Waals surface area contributed by atoms with E-state index in [2.05, 4.69) is 0 Å². The van der Waals surface area contributed by atoms with Crippen LogP contribution in [0.25, 0.3) is 0 Å². The fourth-order valence-electron chi connectivity index (χ4n) is 4.01. The van der Waals surface area contributed by atoms with Gasteiger partial charge in [-0.15, -0.1) is 0 Å². The van der Waals surface area contributed by atoms with Gasteiger partial charge in [0.25, 0.3) is 0 Å². The van der Waals surface area contributed by atoms with E-state index in [1.54, 1.807) is 4.90 Å². The summed E-state index contributed by atoms with van der Waals surface area (Å²) in [5.74, 6) is 1.11. The van der Waals surface area contributed by atoms with Crippen molar-refractivity contribution < 1.29 is 23.8 Å². The first-order chi connectivity index (χ1) is 13.2. The molecule has 0 atom stereocenters. The molecule has 3 aliphatic heterocycles. The molecule has 3 aliphatic rings. The van der Waals surface area contributed by atoms with Crippen LogP contribution in [0.5, 0.6) is 5.75 Å². The lowest BCUT2D eigenvalue weighted by Gasteiger charge is -2.34. The number of amides is 2. The third-order valence-electron chi connectivity index (χ3n) is 5.51. The van der Waals surface area contributed by atoms with E-state index >= 15 is 0 Å². The molecule has 4 rings (SSSR count). The molecule has 3 heterocycles. The van der Waals surface area contributed by atoms with Crippen LogP contribution in [-0.2, 0) is 19.1 Å². The van der Waals surface area contributed by atoms with E-state index in [1.165, 1.54) is 0 Å². The van der Waals surface area contributed by atoms with Gasteiger partial charge in [-0.3, -0.25) is 9.59 Å². The number of piperidine rings is 1. The standard InChI is InChI=1S/C20H26N2O5/c23-18(21-9-7-15(8-10-21)20-26-13-14-27-20)5-6-19(24)22-11-12-25-17-4-2-1-3-16(17)22/h1-4,15,20H,5-14H2. The highest BCUT2D eigenvalue weighted by Crippen LogP contribution is 2.31. The van der Waals surface area contributed by atoms with Gasteiger partial charge in [0.1, 0.15) is 12.4 Å². The number of benzene rings is 1. The Morgan fingerprint density at radius 2 is 1.63 bits per heavy atom. The molecule has 0 unspecified atom stereocenters. The number of para-hydroxylation sites is 2. The molecule has 0 spiro atoms. The molecule has 0 aromatic heterocycles. The van der Waals surface area contributed by atoms with Gasteiger partial charge in [0.05, 0.1) is 25.4 Å². The second-order valence-electron chi connectivity index (χ2n) is 7.19. The molecule has 0 radical (unpaired) electrons. The maximum absolute atomic E-state index is 12.6. The average molecular weight is 374 g/mol. The fourth-order valence-corrected chi connectivity index (χ4v) is 4.01. The summed E-state index contributed by atoms with van der Waals surface area (Å²) >= 11 is 0. The van der Waals surface area contributed by atoms with Crippen molar-refractivity contribution in [2.75, 3.05) is 44.4 Å². The highest BCUT2D eigenvalue weighted by molar-refractivity contribution is 5.97. The van der Waals surface area contributed by atoms with E-state index in [4.69, 9.17) is 14.2 Å². The van der Waals surface area contributed by atoms with Crippen molar-refractivity contribution in [1.82, 2.24) is 4.90 Å². The number of ether oxygens (including phenoxy) is 3. The maximum atomic E-state index is 12.6. The number of carbonyl (C=O) groups is 2. The summed E-state index contributed by atoms with van der Waals surface area (Å²) in [6.45, 7) is 3.75. The Hall–Kier alpha value is -2.12. The third kappa shape index (κ3) is 4.09. The molecule has 0 bridgehead atoms. The number of likely N-dealkylation sites (tertiary alicyclic amines) is 1. The lowest BCUT2D eigenvalue weighted by molar-refractivity contribution is -0.138. The van der Waals surface area contributed by atoms with Gasteiger partial charge in [0.2, 0.25) is 11.8 Å². The summed E-state index contributed by atoms with van der Waals surface area (Å²) in [4.78, 5) is 28.8. The van der Waals surface area contributed by atoms with Crippen LogP contribution in [0.4, 0.5) is 5.69 Å². The molecule has 7 nitrogen and oxygen atoms in total. The normalized spacial score (nSPS) is 21.0. The van der Waals surface area contributed by atoms with E-state index < -0.39 is 0 Å². The monoisotopic (exact) mass is 374 g/mol. The zero-order chi connectivity index (χ0) is 18.6. The first kappa shape index (κ1) is 18.3. The van der Waals surface area contributed by atoms with Gasteiger partial charge in [-0.05, 0) is 25.0 Å². The summed E-state index contributed by atoms with van der Waals surface area (Å²) in [6, 6.07) is 7.52. The second-order valence-corrected chi connectivity index (χ2v) is 7.19. The second kappa shape index (κ2) is 8.27. The largest absolute Gasteiger partial charge is 0.490 e. The van der Waals surface area contributed by atoms with Gasteiger partial charge in [-0.2, -0.15) is 0 Å². The third-order valence-corrected chi connectivity index (χ3v) is 5.51. The Morgan fingerprint density at radius 1 is 0.926 bits per heavy atom. The number of rotatable bonds is 4. The van der Waals surface area contributed by atoms with Crippen LogP contribution in [0.1, 0.15) is 25.7 Å². The molecular formula is C20H26N2O5. The number of hydrogen-bond donors (Lipinski definition) is 0. The Balaban J connectivity index is 1.26. The number of fused-ring (bicyclic) bond motifs is 1. The number of carbonyl (C=O) groups excluding carboxylic acids is 2. The van der Waals surface area contributed by atoms with Crippen molar-refractivity contribution in [3.05, 3.63) is 24.3 Å². The van der Waals surface area contributed by atoms with Crippen LogP contribution in [0, 0.1) is 5.92 Å². The van der Waals surface area contributed by atoms with Crippen LogP contribution in [0.2, 0.25) is 0 Å². The summed E-state index contributed by atoms with van der Waals surface area (Å²) in [6.07, 6.45) is 2.15. The minimum absolute atomic E-state index is 0.0262. The molecule has 0 aliphatic carbocycles. The van der Waals surface area contributed by atoms with E-state index in [-0.39, 0.29) is 30.9 Å². The van der Waals surface area contributed by atoms with Crippen LogP contribution in [0.15, 0.2) is 24.3 Å². The predicted octanol–water partition coefficient (Wildman–Crippen LogP) is 1.80. The smallest absolute Gasteiger partial charge is 0.227 e. The van der Waals surface area contributed by atoms with Crippen LogP contribution < -0.4 is 9.64 Å². The molecule has 0 N–H and O–H groups in total. The van der Waals surface area contributed by atoms with Gasteiger partial charge in [0, 0.05) is 31.8 Å². The van der Waals surface area contributed by atoms with Gasteiger partial charge in [0.15, 0.2) is 6.29 Å². The molecule has 2 saturated heterocycles. The molecule has 7 heteroatoms. The van der Waals surface area contributed by atoms with Gasteiger partial charge >= 0.3 is 0 Å². The highest BCUT2D eigenvalue weighted by atomic mass is 16.7. The van der Waals surface area contributed by atoms with Crippen molar-refractivity contribution >= 4 is 17.5 Å². The van der Waals surface area contributed by atoms with Crippen LogP contribution in [0.3, 0.4) is 0 Å². The molecule has 27 heavy (non-hydrogen) atoms. The summed E-state index contributed by atoms with van der Waals surface area (Å²) in [5, 5.41) is 0. The van der Waals surface area contributed by atoms with E-state index in [1.807, 2.05) is 29.2 Å². The summed E-state index contributed by atoms with van der Waals surface area (Å²) in [5.41, 5.74) is 0.790. The molecule has 1 aromatic rings. The average Bonchev–Trinajstić information content (AvgIpc) is 3.26. The fraction of sp³-hybridized carbons (Fsp3) is 0.600. The Labute approximate surface area is 159 Å². The van der Waals surface area contributed by atoms with E-state index in [0.29, 0.717) is 45.4 Å². The summed E-state index contributed by atoms with van der Waals surface area (Å²) in [7, 11) is 0. The Kier molecular flexibility index (Phi) is 5.59. The van der Waals surface area contributed by atoms with Gasteiger partial charge < -0.3 is 24.0 Å². The van der Waals surface area contributed by atoms with Crippen molar-refractivity contribution in [2.24, 2.45) is 5.92 Å². The zero-order valence-corrected chi connectivity index (χ0v) is 15.5. The Bertz CT molecular complexity index is 681. The Morgan fingerprint density at radius 3 is 2.41 bits per heavy atom. The van der Waals surface area contributed by atoms with Crippen LogP contribution in [-0.4, -0.2) is 62.5 Å². The predicted molar refractivity (Wildman–Crippen MR) is 98.5 cm³/mol. The highest BCUT2D eigenvalue weighted by Gasteiger charge is 2.32. The maximum Gasteiger partial charge on any atom is 0.227 e. The molecular weight excluding hydrogens is 348 g/mol. The quantitative estimate of drug-likeness (QED) is 0.804. The van der Waals surface area contributed by atoms with E-state index in [0.717, 1.165) is 24.3 Å². The number of hydrogen-bond acceptors (Lipinski definition) is 5. The SMILES string of the molecule is O=C(CCC(=O)N1CCOc2ccccc21)N1CCC(C2OCCO2)CC1. The van der Waals surface area contributed by atoms with Crippen molar-refractivity contribution in [3.8, 4) is 5.75 Å². The van der Waals surface area contributed by atoms with Crippen molar-refractivity contribution in [2.45, 2.75) is 32.0 Å². The lowest BCUT2D eigenvalue weighted by atomic mass is 9.96. The lowest BCUT2D eigenvalue weighted by Crippen LogP contribution is -2.42. The molecule has 146 valence electrons. The van der Waals surface area contributed by atoms with Crippen molar-refractivity contribution in [1.29, 1.82) is 0 Å². The molecule has 1 aromatic carbocycles. The zero-order valence-electron chi connectivity index (χ0n) is 15.5.